The molecule has 0 aliphatic carbocycles. The topological polar surface area (TPSA) is 44.1 Å². The van der Waals surface area contributed by atoms with E-state index in [0.717, 1.165) is 61.4 Å². The molecule has 4 heteroatoms. The Morgan fingerprint density at radius 2 is 1.94 bits per heavy atom. The van der Waals surface area contributed by atoms with Crippen molar-refractivity contribution in [3.05, 3.63) is 93.5 Å². The number of carbonyl (C=O) groups excluding carboxylic acids is 1. The Bertz CT molecular complexity index is 1090. The summed E-state index contributed by atoms with van der Waals surface area (Å²) in [4.78, 5) is 16.1. The van der Waals surface area contributed by atoms with E-state index in [2.05, 4.69) is 55.2 Å². The molecule has 0 spiro atoms. The average Bonchev–Trinajstić information content (AvgIpc) is 2.88. The summed E-state index contributed by atoms with van der Waals surface area (Å²) in [5, 5.41) is 9.99. The Morgan fingerprint density at radius 3 is 2.66 bits per heavy atom. The first-order chi connectivity index (χ1) is 16.9. The lowest BCUT2D eigenvalue weighted by Gasteiger charge is -2.33. The van der Waals surface area contributed by atoms with E-state index in [0.29, 0.717) is 23.8 Å². The first-order valence-corrected chi connectivity index (χ1v) is 13.1. The van der Waals surface area contributed by atoms with E-state index in [-0.39, 0.29) is 5.92 Å². The van der Waals surface area contributed by atoms with Gasteiger partial charge in [-0.25, -0.2) is 0 Å². The van der Waals surface area contributed by atoms with E-state index in [1.165, 1.54) is 11.1 Å². The second-order valence-electron chi connectivity index (χ2n) is 9.77. The van der Waals surface area contributed by atoms with Gasteiger partial charge in [0.1, 0.15) is 0 Å². The van der Waals surface area contributed by atoms with Crippen LogP contribution in [0.5, 0.6) is 0 Å². The number of halogens is 1. The number of ketones is 1. The summed E-state index contributed by atoms with van der Waals surface area (Å²) in [5.41, 5.74) is 5.42. The van der Waals surface area contributed by atoms with Crippen LogP contribution in [0.3, 0.4) is 0 Å². The zero-order valence-corrected chi connectivity index (χ0v) is 22.0. The second kappa shape index (κ2) is 13.4. The summed E-state index contributed by atoms with van der Waals surface area (Å²) < 4.78 is 0. The molecule has 3 nitrogen and oxygen atoms in total. The normalized spacial score (nSPS) is 16.3. The van der Waals surface area contributed by atoms with Crippen LogP contribution in [-0.4, -0.2) is 23.8 Å². The van der Waals surface area contributed by atoms with E-state index in [1.807, 2.05) is 37.3 Å². The molecule has 0 bridgehead atoms. The van der Waals surface area contributed by atoms with Crippen LogP contribution in [0.4, 0.5) is 0 Å². The Morgan fingerprint density at radius 1 is 1.17 bits per heavy atom. The van der Waals surface area contributed by atoms with Gasteiger partial charge < -0.3 is 0 Å². The predicted molar refractivity (Wildman–Crippen MR) is 145 cm³/mol. The summed E-state index contributed by atoms with van der Waals surface area (Å²) in [5.74, 6) is 0.678. The first kappa shape index (κ1) is 26.9. The van der Waals surface area contributed by atoms with Gasteiger partial charge in [-0.05, 0) is 80.3 Å². The van der Waals surface area contributed by atoms with Crippen LogP contribution in [0.2, 0.25) is 5.02 Å². The van der Waals surface area contributed by atoms with E-state index >= 15 is 0 Å². The van der Waals surface area contributed by atoms with Gasteiger partial charge in [0, 0.05) is 36.1 Å². The number of allylic oxidation sites excluding steroid dienone is 2. The van der Waals surface area contributed by atoms with Gasteiger partial charge in [0.2, 0.25) is 0 Å². The molecule has 184 valence electrons. The highest BCUT2D eigenvalue weighted by Gasteiger charge is 2.28. The van der Waals surface area contributed by atoms with Crippen molar-refractivity contribution < 1.29 is 4.79 Å². The highest BCUT2D eigenvalue weighted by Crippen LogP contribution is 2.31. The predicted octanol–water partition coefficient (Wildman–Crippen LogP) is 7.54. The molecule has 2 aromatic carbocycles. The molecule has 0 amide bonds. The fourth-order valence-electron chi connectivity index (χ4n) is 4.92. The Kier molecular flexibility index (Phi) is 10.3. The van der Waals surface area contributed by atoms with Crippen LogP contribution in [0.1, 0.15) is 63.1 Å². The molecular weight excluding hydrogens is 452 g/mol. The standard InChI is InChI=1S/C31H37ClN2O/c1-4-5-8-23(2)29-17-18-34(21-27-12-7-11-26(19-27)20-33)22-30(29)31(35)24(3)9-6-10-25-13-15-28(32)16-14-25/h4-5,7,11-16,19,23-24H,6,8-10,17-18,21-22H2,1-3H3/b5-4-. The lowest BCUT2D eigenvalue weighted by Crippen LogP contribution is -2.36. The molecule has 0 radical (unpaired) electrons. The third-order valence-electron chi connectivity index (χ3n) is 7.01. The average molecular weight is 489 g/mol. The highest BCUT2D eigenvalue weighted by atomic mass is 35.5. The minimum absolute atomic E-state index is 0.00286. The number of hydrogen-bond acceptors (Lipinski definition) is 3. The maximum Gasteiger partial charge on any atom is 0.162 e. The number of hydrogen-bond donors (Lipinski definition) is 0. The summed E-state index contributed by atoms with van der Waals surface area (Å²) in [6.45, 7) is 8.77. The smallest absolute Gasteiger partial charge is 0.162 e. The molecule has 0 N–H and O–H groups in total. The minimum Gasteiger partial charge on any atom is -0.294 e. The van der Waals surface area contributed by atoms with Crippen LogP contribution in [0.15, 0.2) is 71.8 Å². The molecule has 2 aromatic rings. The second-order valence-corrected chi connectivity index (χ2v) is 10.2. The van der Waals surface area contributed by atoms with Gasteiger partial charge in [0.15, 0.2) is 5.78 Å². The van der Waals surface area contributed by atoms with E-state index in [1.54, 1.807) is 0 Å². The van der Waals surface area contributed by atoms with Gasteiger partial charge in [0.25, 0.3) is 0 Å². The van der Waals surface area contributed by atoms with Gasteiger partial charge in [-0.15, -0.1) is 0 Å². The number of rotatable bonds is 11. The van der Waals surface area contributed by atoms with Gasteiger partial charge in [-0.3, -0.25) is 9.69 Å². The summed E-state index contributed by atoms with van der Waals surface area (Å²) in [7, 11) is 0. The summed E-state index contributed by atoms with van der Waals surface area (Å²) in [6, 6.07) is 18.0. The maximum absolute atomic E-state index is 13.7. The largest absolute Gasteiger partial charge is 0.294 e. The number of nitrogens with zero attached hydrogens (tertiary/aromatic N) is 2. The lowest BCUT2D eigenvalue weighted by molar-refractivity contribution is -0.119. The van der Waals surface area contributed by atoms with Crippen LogP contribution in [-0.2, 0) is 17.8 Å². The summed E-state index contributed by atoms with van der Waals surface area (Å²) in [6.07, 6.45) is 9.01. The summed E-state index contributed by atoms with van der Waals surface area (Å²) >= 11 is 6.00. The van der Waals surface area contributed by atoms with E-state index in [4.69, 9.17) is 11.6 Å². The quantitative estimate of drug-likeness (QED) is 0.307. The van der Waals surface area contributed by atoms with Crippen molar-refractivity contribution in [2.24, 2.45) is 11.8 Å². The molecule has 0 saturated heterocycles. The van der Waals surface area contributed by atoms with Gasteiger partial charge in [-0.1, -0.05) is 67.4 Å². The Balaban J connectivity index is 1.71. The number of Topliss-reactive ketones (excluding diaryl/α,β-unsaturated/α-hetero) is 1. The Hall–Kier alpha value is -2.67. The molecule has 2 atom stereocenters. The number of nitriles is 1. The SMILES string of the molecule is C/C=C\CC(C)C1=C(C(=O)C(C)CCCc2ccc(Cl)cc2)CN(Cc2cccc(C#N)c2)CC1. The molecule has 1 aliphatic rings. The third-order valence-corrected chi connectivity index (χ3v) is 7.26. The van der Waals surface area contributed by atoms with E-state index in [9.17, 15) is 10.1 Å². The lowest BCUT2D eigenvalue weighted by atomic mass is 9.82. The molecule has 1 heterocycles. The van der Waals surface area contributed by atoms with Gasteiger partial charge >= 0.3 is 0 Å². The van der Waals surface area contributed by atoms with Crippen LogP contribution in [0.25, 0.3) is 0 Å². The van der Waals surface area contributed by atoms with Crippen molar-refractivity contribution >= 4 is 17.4 Å². The molecule has 0 fully saturated rings. The monoisotopic (exact) mass is 488 g/mol. The molecule has 0 aromatic heterocycles. The first-order valence-electron chi connectivity index (χ1n) is 12.7. The number of aryl methyl sites for hydroxylation is 1. The van der Waals surface area contributed by atoms with Crippen molar-refractivity contribution in [1.29, 1.82) is 5.26 Å². The molecule has 1 aliphatic heterocycles. The number of carbonyl (C=O) groups is 1. The van der Waals surface area contributed by atoms with E-state index < -0.39 is 0 Å². The molecular formula is C31H37ClN2O. The zero-order valence-electron chi connectivity index (χ0n) is 21.3. The van der Waals surface area contributed by atoms with Crippen LogP contribution >= 0.6 is 11.6 Å². The maximum atomic E-state index is 13.7. The van der Waals surface area contributed by atoms with Crippen molar-refractivity contribution in [3.8, 4) is 6.07 Å². The van der Waals surface area contributed by atoms with Crippen molar-refractivity contribution in [1.82, 2.24) is 4.90 Å². The van der Waals surface area contributed by atoms with Gasteiger partial charge in [-0.2, -0.15) is 5.26 Å². The molecule has 3 rings (SSSR count). The van der Waals surface area contributed by atoms with Gasteiger partial charge in [0.05, 0.1) is 11.6 Å². The molecule has 2 unspecified atom stereocenters. The Labute approximate surface area is 216 Å². The third kappa shape index (κ3) is 7.92. The van der Waals surface area contributed by atoms with Crippen molar-refractivity contribution in [2.45, 2.75) is 59.4 Å². The molecule has 35 heavy (non-hydrogen) atoms. The zero-order chi connectivity index (χ0) is 25.2. The fourth-order valence-corrected chi connectivity index (χ4v) is 5.05. The highest BCUT2D eigenvalue weighted by molar-refractivity contribution is 6.30. The minimum atomic E-state index is 0.00286. The van der Waals surface area contributed by atoms with Crippen molar-refractivity contribution in [2.75, 3.05) is 13.1 Å². The van der Waals surface area contributed by atoms with Crippen LogP contribution < -0.4 is 0 Å². The van der Waals surface area contributed by atoms with Crippen molar-refractivity contribution in [3.63, 3.8) is 0 Å². The fraction of sp³-hybridized carbons (Fsp3) is 0.419. The number of benzene rings is 2. The molecule has 0 saturated carbocycles. The van der Waals surface area contributed by atoms with Crippen LogP contribution in [0, 0.1) is 23.2 Å².